The van der Waals surface area contributed by atoms with Gasteiger partial charge in [0, 0.05) is 31.5 Å². The number of nitrogens with one attached hydrogen (secondary N) is 1. The zero-order valence-corrected chi connectivity index (χ0v) is 16.0. The summed E-state index contributed by atoms with van der Waals surface area (Å²) < 4.78 is 15.5. The lowest BCUT2D eigenvalue weighted by molar-refractivity contribution is 0.148. The van der Waals surface area contributed by atoms with Crippen molar-refractivity contribution in [3.63, 3.8) is 0 Å². The summed E-state index contributed by atoms with van der Waals surface area (Å²) in [7, 11) is 0. The standard InChI is InChI=1S/C21H29FN4O/c1-2-11-24-21(27)26(19-9-4-3-5-10-19)16-20-23-12-13-25(20)15-17-7-6-8-18(22)14-17/h6-8,12-14,19H,2-5,9-11,15-16H2,1H3,(H,24,27). The number of halogens is 1. The predicted octanol–water partition coefficient (Wildman–Crippen LogP) is 4.32. The summed E-state index contributed by atoms with van der Waals surface area (Å²) in [5.41, 5.74) is 0.883. The van der Waals surface area contributed by atoms with E-state index in [-0.39, 0.29) is 17.9 Å². The highest BCUT2D eigenvalue weighted by atomic mass is 19.1. The second-order valence-electron chi connectivity index (χ2n) is 7.25. The van der Waals surface area contributed by atoms with Crippen LogP contribution in [-0.2, 0) is 13.1 Å². The van der Waals surface area contributed by atoms with E-state index in [1.165, 1.54) is 31.4 Å². The van der Waals surface area contributed by atoms with Gasteiger partial charge >= 0.3 is 6.03 Å². The summed E-state index contributed by atoms with van der Waals surface area (Å²) >= 11 is 0. The Kier molecular flexibility index (Phi) is 6.85. The van der Waals surface area contributed by atoms with Gasteiger partial charge in [0.2, 0.25) is 0 Å². The van der Waals surface area contributed by atoms with Crippen LogP contribution in [0, 0.1) is 5.82 Å². The molecule has 1 aromatic carbocycles. The number of amides is 2. The van der Waals surface area contributed by atoms with E-state index in [4.69, 9.17) is 0 Å². The lowest BCUT2D eigenvalue weighted by Gasteiger charge is -2.34. The molecule has 6 heteroatoms. The fourth-order valence-corrected chi connectivity index (χ4v) is 3.71. The van der Waals surface area contributed by atoms with Crippen LogP contribution in [0.25, 0.3) is 0 Å². The number of urea groups is 1. The lowest BCUT2D eigenvalue weighted by Crippen LogP contribution is -2.47. The minimum absolute atomic E-state index is 0.0101. The molecule has 0 unspecified atom stereocenters. The molecule has 2 aromatic rings. The highest BCUT2D eigenvalue weighted by Crippen LogP contribution is 2.24. The molecule has 146 valence electrons. The molecule has 1 heterocycles. The van der Waals surface area contributed by atoms with Gasteiger partial charge in [-0.05, 0) is 37.0 Å². The quantitative estimate of drug-likeness (QED) is 0.787. The molecule has 5 nitrogen and oxygen atoms in total. The van der Waals surface area contributed by atoms with Gasteiger partial charge < -0.3 is 14.8 Å². The minimum Gasteiger partial charge on any atom is -0.338 e. The molecule has 1 fully saturated rings. The van der Waals surface area contributed by atoms with Crippen molar-refractivity contribution in [3.05, 3.63) is 53.9 Å². The van der Waals surface area contributed by atoms with Crippen molar-refractivity contribution in [2.24, 2.45) is 0 Å². The minimum atomic E-state index is -0.239. The van der Waals surface area contributed by atoms with Crippen molar-refractivity contribution in [2.45, 2.75) is 64.6 Å². The Bertz CT molecular complexity index is 739. The number of hydrogen-bond donors (Lipinski definition) is 1. The SMILES string of the molecule is CCCNC(=O)N(Cc1nccn1Cc1cccc(F)c1)C1CCCCC1. The largest absolute Gasteiger partial charge is 0.338 e. The first-order chi connectivity index (χ1) is 13.2. The first kappa shape index (κ1) is 19.4. The van der Waals surface area contributed by atoms with Gasteiger partial charge in [0.15, 0.2) is 0 Å². The van der Waals surface area contributed by atoms with Crippen molar-refractivity contribution >= 4 is 6.03 Å². The number of hydrogen-bond acceptors (Lipinski definition) is 2. The van der Waals surface area contributed by atoms with Crippen molar-refractivity contribution < 1.29 is 9.18 Å². The molecular formula is C21H29FN4O. The van der Waals surface area contributed by atoms with Crippen LogP contribution in [0.3, 0.4) is 0 Å². The van der Waals surface area contributed by atoms with E-state index in [2.05, 4.69) is 17.2 Å². The van der Waals surface area contributed by atoms with Gasteiger partial charge in [-0.2, -0.15) is 0 Å². The molecule has 0 aliphatic heterocycles. The summed E-state index contributed by atoms with van der Waals surface area (Å²) in [6.07, 6.45) is 10.2. The van der Waals surface area contributed by atoms with E-state index in [9.17, 15) is 9.18 Å². The molecule has 0 bridgehead atoms. The van der Waals surface area contributed by atoms with Gasteiger partial charge in [-0.25, -0.2) is 14.2 Å². The van der Waals surface area contributed by atoms with Crippen LogP contribution in [0.1, 0.15) is 56.8 Å². The Morgan fingerprint density at radius 3 is 2.89 bits per heavy atom. The average Bonchev–Trinajstić information content (AvgIpc) is 3.11. The van der Waals surface area contributed by atoms with Crippen molar-refractivity contribution in [2.75, 3.05) is 6.54 Å². The highest BCUT2D eigenvalue weighted by Gasteiger charge is 2.26. The van der Waals surface area contributed by atoms with Gasteiger partial charge in [-0.1, -0.05) is 38.3 Å². The van der Waals surface area contributed by atoms with Gasteiger partial charge in [-0.3, -0.25) is 0 Å². The fraction of sp³-hybridized carbons (Fsp3) is 0.524. The molecule has 0 atom stereocenters. The molecule has 1 saturated carbocycles. The molecular weight excluding hydrogens is 343 g/mol. The molecule has 1 aromatic heterocycles. The van der Waals surface area contributed by atoms with E-state index in [0.717, 1.165) is 30.7 Å². The van der Waals surface area contributed by atoms with Crippen molar-refractivity contribution in [3.8, 4) is 0 Å². The fourth-order valence-electron chi connectivity index (χ4n) is 3.71. The molecule has 3 rings (SSSR count). The summed E-state index contributed by atoms with van der Waals surface area (Å²) in [6.45, 7) is 3.75. The highest BCUT2D eigenvalue weighted by molar-refractivity contribution is 5.74. The van der Waals surface area contributed by atoms with Gasteiger partial charge in [0.05, 0.1) is 6.54 Å². The third-order valence-corrected chi connectivity index (χ3v) is 5.16. The zero-order chi connectivity index (χ0) is 19.1. The van der Waals surface area contributed by atoms with Crippen LogP contribution in [0.4, 0.5) is 9.18 Å². The Labute approximate surface area is 160 Å². The molecule has 1 aliphatic rings. The molecule has 0 spiro atoms. The smallest absolute Gasteiger partial charge is 0.318 e. The number of carbonyl (C=O) groups excluding carboxylic acids is 1. The topological polar surface area (TPSA) is 50.2 Å². The number of imidazole rings is 1. The maximum Gasteiger partial charge on any atom is 0.318 e. The van der Waals surface area contributed by atoms with Gasteiger partial charge in [-0.15, -0.1) is 0 Å². The maximum atomic E-state index is 13.5. The van der Waals surface area contributed by atoms with Crippen LogP contribution in [0.15, 0.2) is 36.7 Å². The Morgan fingerprint density at radius 2 is 2.15 bits per heavy atom. The summed E-state index contributed by atoms with van der Waals surface area (Å²) in [4.78, 5) is 19.2. The Balaban J connectivity index is 1.75. The summed E-state index contributed by atoms with van der Waals surface area (Å²) in [5.74, 6) is 0.591. The Hall–Kier alpha value is -2.37. The lowest BCUT2D eigenvalue weighted by atomic mass is 9.94. The third-order valence-electron chi connectivity index (χ3n) is 5.16. The van der Waals surface area contributed by atoms with Crippen LogP contribution in [0.5, 0.6) is 0 Å². The average molecular weight is 372 g/mol. The number of benzene rings is 1. The van der Waals surface area contributed by atoms with Crippen molar-refractivity contribution in [1.29, 1.82) is 0 Å². The second kappa shape index (κ2) is 9.53. The molecule has 1 aliphatic carbocycles. The van der Waals surface area contributed by atoms with Crippen LogP contribution in [0.2, 0.25) is 0 Å². The molecule has 2 amide bonds. The van der Waals surface area contributed by atoms with E-state index in [1.807, 2.05) is 21.7 Å². The number of nitrogens with zero attached hydrogens (tertiary/aromatic N) is 3. The van der Waals surface area contributed by atoms with Crippen LogP contribution < -0.4 is 5.32 Å². The molecule has 0 saturated heterocycles. The molecule has 0 radical (unpaired) electrons. The summed E-state index contributed by atoms with van der Waals surface area (Å²) in [5, 5.41) is 3.02. The second-order valence-corrected chi connectivity index (χ2v) is 7.25. The first-order valence-electron chi connectivity index (χ1n) is 9.96. The number of carbonyl (C=O) groups is 1. The third kappa shape index (κ3) is 5.31. The zero-order valence-electron chi connectivity index (χ0n) is 16.0. The number of aromatic nitrogens is 2. The van der Waals surface area contributed by atoms with Crippen molar-refractivity contribution in [1.82, 2.24) is 19.8 Å². The molecule has 1 N–H and O–H groups in total. The number of rotatable bonds is 7. The van der Waals surface area contributed by atoms with E-state index in [0.29, 0.717) is 19.6 Å². The van der Waals surface area contributed by atoms with E-state index in [1.54, 1.807) is 12.3 Å². The van der Waals surface area contributed by atoms with Crippen LogP contribution >= 0.6 is 0 Å². The van der Waals surface area contributed by atoms with Crippen LogP contribution in [-0.4, -0.2) is 33.1 Å². The van der Waals surface area contributed by atoms with Gasteiger partial charge in [0.1, 0.15) is 11.6 Å². The molecule has 27 heavy (non-hydrogen) atoms. The maximum absolute atomic E-state index is 13.5. The van der Waals surface area contributed by atoms with E-state index >= 15 is 0 Å². The monoisotopic (exact) mass is 372 g/mol. The predicted molar refractivity (Wildman–Crippen MR) is 104 cm³/mol. The van der Waals surface area contributed by atoms with E-state index < -0.39 is 0 Å². The first-order valence-corrected chi connectivity index (χ1v) is 9.96. The Morgan fingerprint density at radius 1 is 1.33 bits per heavy atom. The summed E-state index contributed by atoms with van der Waals surface area (Å²) in [6, 6.07) is 6.85. The van der Waals surface area contributed by atoms with Gasteiger partial charge in [0.25, 0.3) is 0 Å². The normalized spacial score (nSPS) is 14.9.